The molecule has 1 aromatic rings. The molecule has 1 heterocycles. The van der Waals surface area contributed by atoms with E-state index in [0.717, 1.165) is 0 Å². The van der Waals surface area contributed by atoms with Gasteiger partial charge in [0.05, 0.1) is 5.41 Å². The first-order valence-corrected chi connectivity index (χ1v) is 5.04. The van der Waals surface area contributed by atoms with Crippen LogP contribution in [0.25, 0.3) is 0 Å². The highest BCUT2D eigenvalue weighted by molar-refractivity contribution is 5.94. The molecular formula is C11H14N2O4. The Morgan fingerprint density at radius 3 is 2.65 bits per heavy atom. The van der Waals surface area contributed by atoms with Gasteiger partial charge in [0.1, 0.15) is 5.56 Å². The van der Waals surface area contributed by atoms with Crippen molar-refractivity contribution in [2.24, 2.45) is 5.41 Å². The number of hydrogen-bond acceptors (Lipinski definition) is 3. The van der Waals surface area contributed by atoms with E-state index in [4.69, 9.17) is 5.11 Å². The molecule has 92 valence electrons. The van der Waals surface area contributed by atoms with Gasteiger partial charge in [-0.1, -0.05) is 0 Å². The summed E-state index contributed by atoms with van der Waals surface area (Å²) in [5, 5.41) is 11.3. The molecule has 6 heteroatoms. The molecule has 1 aromatic heterocycles. The van der Waals surface area contributed by atoms with Crippen LogP contribution in [0.3, 0.4) is 0 Å². The third-order valence-corrected chi connectivity index (χ3v) is 2.33. The molecule has 1 rings (SSSR count). The van der Waals surface area contributed by atoms with Crippen molar-refractivity contribution in [3.05, 3.63) is 34.2 Å². The average molecular weight is 238 g/mol. The van der Waals surface area contributed by atoms with Crippen molar-refractivity contribution in [1.29, 1.82) is 0 Å². The molecule has 17 heavy (non-hydrogen) atoms. The van der Waals surface area contributed by atoms with Gasteiger partial charge >= 0.3 is 5.97 Å². The minimum atomic E-state index is -1.07. The van der Waals surface area contributed by atoms with Crippen LogP contribution in [0.1, 0.15) is 24.2 Å². The van der Waals surface area contributed by atoms with E-state index in [1.54, 1.807) is 0 Å². The van der Waals surface area contributed by atoms with Crippen molar-refractivity contribution < 1.29 is 14.7 Å². The SMILES string of the molecule is CC(C)(CNC(=O)c1ccc[nH]c1=O)C(=O)O. The lowest BCUT2D eigenvalue weighted by molar-refractivity contribution is -0.146. The van der Waals surface area contributed by atoms with E-state index < -0.39 is 22.9 Å². The van der Waals surface area contributed by atoms with Gasteiger partial charge in [0.15, 0.2) is 0 Å². The van der Waals surface area contributed by atoms with Crippen molar-refractivity contribution in [3.8, 4) is 0 Å². The van der Waals surface area contributed by atoms with Crippen LogP contribution < -0.4 is 10.9 Å². The average Bonchev–Trinajstić information content (AvgIpc) is 2.26. The van der Waals surface area contributed by atoms with Gasteiger partial charge in [0.2, 0.25) is 0 Å². The number of rotatable bonds is 4. The number of aromatic nitrogens is 1. The number of pyridine rings is 1. The van der Waals surface area contributed by atoms with E-state index in [1.165, 1.54) is 32.2 Å². The van der Waals surface area contributed by atoms with Gasteiger partial charge in [-0.25, -0.2) is 0 Å². The number of aromatic amines is 1. The van der Waals surface area contributed by atoms with E-state index in [0.29, 0.717) is 0 Å². The van der Waals surface area contributed by atoms with E-state index >= 15 is 0 Å². The summed E-state index contributed by atoms with van der Waals surface area (Å²) in [6.07, 6.45) is 1.42. The number of carbonyl (C=O) groups is 2. The lowest BCUT2D eigenvalue weighted by Crippen LogP contribution is -2.40. The standard InChI is InChI=1S/C11H14N2O4/c1-11(2,10(16)17)6-13-9(15)7-4-3-5-12-8(7)14/h3-5H,6H2,1-2H3,(H,12,14)(H,13,15)(H,16,17). The summed E-state index contributed by atoms with van der Waals surface area (Å²) in [7, 11) is 0. The lowest BCUT2D eigenvalue weighted by atomic mass is 9.94. The smallest absolute Gasteiger partial charge is 0.310 e. The third kappa shape index (κ3) is 3.17. The predicted octanol–water partition coefficient (Wildman–Crippen LogP) is 0.215. The largest absolute Gasteiger partial charge is 0.481 e. The quantitative estimate of drug-likeness (QED) is 0.698. The van der Waals surface area contributed by atoms with Crippen molar-refractivity contribution in [2.45, 2.75) is 13.8 Å². The molecule has 0 atom stereocenters. The summed E-state index contributed by atoms with van der Waals surface area (Å²) < 4.78 is 0. The molecule has 0 aliphatic rings. The van der Waals surface area contributed by atoms with Crippen molar-refractivity contribution >= 4 is 11.9 Å². The second-order valence-corrected chi connectivity index (χ2v) is 4.28. The van der Waals surface area contributed by atoms with Crippen LogP contribution in [-0.4, -0.2) is 28.5 Å². The maximum Gasteiger partial charge on any atom is 0.310 e. The highest BCUT2D eigenvalue weighted by Gasteiger charge is 2.27. The monoisotopic (exact) mass is 238 g/mol. The fourth-order valence-corrected chi connectivity index (χ4v) is 1.07. The summed E-state index contributed by atoms with van der Waals surface area (Å²) in [4.78, 5) is 36.1. The molecule has 0 saturated heterocycles. The molecule has 0 aliphatic carbocycles. The fraction of sp³-hybridized carbons (Fsp3) is 0.364. The summed E-state index contributed by atoms with van der Waals surface area (Å²) in [6.45, 7) is 2.94. The van der Waals surface area contributed by atoms with Crippen molar-refractivity contribution in [3.63, 3.8) is 0 Å². The van der Waals surface area contributed by atoms with Gasteiger partial charge in [-0.2, -0.15) is 0 Å². The first-order valence-electron chi connectivity index (χ1n) is 5.04. The predicted molar refractivity (Wildman–Crippen MR) is 60.8 cm³/mol. The molecule has 0 aliphatic heterocycles. The number of H-pyrrole nitrogens is 1. The number of aliphatic carboxylic acids is 1. The molecule has 3 N–H and O–H groups in total. The maximum atomic E-state index is 11.6. The zero-order valence-electron chi connectivity index (χ0n) is 9.61. The summed E-state index contributed by atoms with van der Waals surface area (Å²) >= 11 is 0. The molecule has 6 nitrogen and oxygen atoms in total. The van der Waals surface area contributed by atoms with Crippen LogP contribution in [0.4, 0.5) is 0 Å². The Hall–Kier alpha value is -2.11. The molecule has 0 fully saturated rings. The highest BCUT2D eigenvalue weighted by Crippen LogP contribution is 2.13. The minimum absolute atomic E-state index is 0.0336. The molecule has 1 amide bonds. The van der Waals surface area contributed by atoms with Gasteiger partial charge in [-0.05, 0) is 26.0 Å². The van der Waals surface area contributed by atoms with E-state index in [2.05, 4.69) is 10.3 Å². The molecule has 0 unspecified atom stereocenters. The van der Waals surface area contributed by atoms with Crippen LogP contribution in [0.2, 0.25) is 0 Å². The molecule has 0 aromatic carbocycles. The zero-order valence-corrected chi connectivity index (χ0v) is 9.61. The second kappa shape index (κ2) is 4.82. The summed E-state index contributed by atoms with van der Waals surface area (Å²) in [5.41, 5.74) is -1.61. The molecule has 0 radical (unpaired) electrons. The second-order valence-electron chi connectivity index (χ2n) is 4.28. The van der Waals surface area contributed by atoms with Gasteiger partial charge in [0.25, 0.3) is 11.5 Å². The normalized spacial score (nSPS) is 10.9. The van der Waals surface area contributed by atoms with Gasteiger partial charge in [-0.3, -0.25) is 14.4 Å². The maximum absolute atomic E-state index is 11.6. The number of carbonyl (C=O) groups excluding carboxylic acids is 1. The Labute approximate surface area is 97.7 Å². The Balaban J connectivity index is 2.73. The molecule has 0 spiro atoms. The van der Waals surface area contributed by atoms with E-state index in [-0.39, 0.29) is 12.1 Å². The van der Waals surface area contributed by atoms with Crippen LogP contribution in [0.15, 0.2) is 23.1 Å². The van der Waals surface area contributed by atoms with Crippen LogP contribution >= 0.6 is 0 Å². The molecular weight excluding hydrogens is 224 g/mol. The first-order chi connectivity index (χ1) is 7.84. The first kappa shape index (κ1) is 13.0. The summed E-state index contributed by atoms with van der Waals surface area (Å²) in [5.74, 6) is -1.60. The fourth-order valence-electron chi connectivity index (χ4n) is 1.07. The lowest BCUT2D eigenvalue weighted by Gasteiger charge is -2.19. The third-order valence-electron chi connectivity index (χ3n) is 2.33. The number of carboxylic acids is 1. The number of carboxylic acid groups (broad SMARTS) is 1. The van der Waals surface area contributed by atoms with Gasteiger partial charge < -0.3 is 15.4 Å². The van der Waals surface area contributed by atoms with Gasteiger partial charge in [-0.15, -0.1) is 0 Å². The van der Waals surface area contributed by atoms with Crippen molar-refractivity contribution in [1.82, 2.24) is 10.3 Å². The van der Waals surface area contributed by atoms with Crippen LogP contribution in [0, 0.1) is 5.41 Å². The topological polar surface area (TPSA) is 99.3 Å². The Bertz CT molecular complexity index is 490. The Morgan fingerprint density at radius 2 is 2.12 bits per heavy atom. The van der Waals surface area contributed by atoms with Gasteiger partial charge in [0, 0.05) is 12.7 Å². The van der Waals surface area contributed by atoms with Crippen LogP contribution in [0.5, 0.6) is 0 Å². The summed E-state index contributed by atoms with van der Waals surface area (Å²) in [6, 6.07) is 2.90. The number of amides is 1. The highest BCUT2D eigenvalue weighted by atomic mass is 16.4. The number of nitrogens with one attached hydrogen (secondary N) is 2. The van der Waals surface area contributed by atoms with E-state index in [1.807, 2.05) is 0 Å². The van der Waals surface area contributed by atoms with E-state index in [9.17, 15) is 14.4 Å². The number of hydrogen-bond donors (Lipinski definition) is 3. The van der Waals surface area contributed by atoms with Crippen LogP contribution in [-0.2, 0) is 4.79 Å². The molecule has 0 saturated carbocycles. The molecule has 0 bridgehead atoms. The Morgan fingerprint density at radius 1 is 1.47 bits per heavy atom. The zero-order chi connectivity index (χ0) is 13.1. The van der Waals surface area contributed by atoms with Crippen molar-refractivity contribution in [2.75, 3.05) is 6.54 Å². The minimum Gasteiger partial charge on any atom is -0.481 e. The Kier molecular flexibility index (Phi) is 3.67.